The van der Waals surface area contributed by atoms with Crippen LogP contribution in [0.4, 0.5) is 14.9 Å². The summed E-state index contributed by atoms with van der Waals surface area (Å²) in [6.45, 7) is -0.667. The maximum Gasteiger partial charge on any atom is 0.343 e. The largest absolute Gasteiger partial charge is 0.494 e. The predicted octanol–water partition coefficient (Wildman–Crippen LogP) is 0.972. The standard InChI is InChI=1S/C10H11FN2O5/c1-17-8-4-6(2-3-7(8)11)12-10(16)13-18-5-9(14)15/h2-4H,5H2,1H3,(H,14,15)(H2,12,13,16). The van der Waals surface area contributed by atoms with Gasteiger partial charge in [-0.2, -0.15) is 0 Å². The van der Waals surface area contributed by atoms with Crippen molar-refractivity contribution >= 4 is 17.7 Å². The molecule has 0 heterocycles. The maximum atomic E-state index is 13.1. The molecule has 0 saturated heterocycles. The summed E-state index contributed by atoms with van der Waals surface area (Å²) in [6.07, 6.45) is 0. The average molecular weight is 258 g/mol. The maximum absolute atomic E-state index is 13.1. The molecular weight excluding hydrogens is 247 g/mol. The van der Waals surface area contributed by atoms with E-state index >= 15 is 0 Å². The Morgan fingerprint density at radius 1 is 1.44 bits per heavy atom. The van der Waals surface area contributed by atoms with E-state index in [2.05, 4.69) is 10.2 Å². The van der Waals surface area contributed by atoms with Crippen LogP contribution in [-0.4, -0.2) is 30.8 Å². The third-order valence-electron chi connectivity index (χ3n) is 1.77. The molecule has 0 spiro atoms. The second-order valence-corrected chi connectivity index (χ2v) is 3.09. The summed E-state index contributed by atoms with van der Waals surface area (Å²) < 4.78 is 17.8. The number of carboxylic acids is 1. The monoisotopic (exact) mass is 258 g/mol. The van der Waals surface area contributed by atoms with Gasteiger partial charge in [0.15, 0.2) is 18.2 Å². The number of benzene rings is 1. The van der Waals surface area contributed by atoms with Crippen LogP contribution < -0.4 is 15.5 Å². The first-order valence-corrected chi connectivity index (χ1v) is 4.77. The van der Waals surface area contributed by atoms with Crippen molar-refractivity contribution in [3.8, 4) is 5.75 Å². The summed E-state index contributed by atoms with van der Waals surface area (Å²) in [6, 6.07) is 2.91. The van der Waals surface area contributed by atoms with Crippen LogP contribution >= 0.6 is 0 Å². The Labute approximate surface area is 101 Å². The van der Waals surface area contributed by atoms with Crippen molar-refractivity contribution in [2.45, 2.75) is 0 Å². The lowest BCUT2D eigenvalue weighted by Gasteiger charge is -2.08. The van der Waals surface area contributed by atoms with Gasteiger partial charge in [0.25, 0.3) is 0 Å². The van der Waals surface area contributed by atoms with E-state index in [4.69, 9.17) is 9.84 Å². The number of methoxy groups -OCH3 is 1. The number of hydroxylamine groups is 1. The van der Waals surface area contributed by atoms with Gasteiger partial charge < -0.3 is 15.2 Å². The van der Waals surface area contributed by atoms with E-state index in [9.17, 15) is 14.0 Å². The van der Waals surface area contributed by atoms with E-state index in [-0.39, 0.29) is 11.4 Å². The van der Waals surface area contributed by atoms with E-state index in [1.807, 2.05) is 5.48 Å². The molecule has 1 rings (SSSR count). The van der Waals surface area contributed by atoms with E-state index in [1.165, 1.54) is 19.2 Å². The second-order valence-electron chi connectivity index (χ2n) is 3.09. The lowest BCUT2D eigenvalue weighted by molar-refractivity contribution is -0.143. The highest BCUT2D eigenvalue weighted by molar-refractivity contribution is 5.88. The van der Waals surface area contributed by atoms with Gasteiger partial charge in [-0.3, -0.25) is 4.84 Å². The minimum absolute atomic E-state index is 0.0285. The van der Waals surface area contributed by atoms with Gasteiger partial charge >= 0.3 is 12.0 Å². The lowest BCUT2D eigenvalue weighted by atomic mass is 10.3. The van der Waals surface area contributed by atoms with Gasteiger partial charge in [-0.15, -0.1) is 0 Å². The fraction of sp³-hybridized carbons (Fsp3) is 0.200. The zero-order valence-electron chi connectivity index (χ0n) is 9.40. The zero-order valence-corrected chi connectivity index (χ0v) is 9.40. The molecule has 0 aliphatic rings. The Bertz CT molecular complexity index is 452. The Balaban J connectivity index is 2.51. The van der Waals surface area contributed by atoms with Crippen LogP contribution in [0.3, 0.4) is 0 Å². The predicted molar refractivity (Wildman–Crippen MR) is 58.7 cm³/mol. The molecule has 2 amide bonds. The molecule has 0 aliphatic heterocycles. The fourth-order valence-electron chi connectivity index (χ4n) is 1.06. The molecule has 0 saturated carbocycles. The minimum atomic E-state index is -1.22. The van der Waals surface area contributed by atoms with Crippen molar-refractivity contribution in [1.29, 1.82) is 0 Å². The van der Waals surface area contributed by atoms with Crippen molar-refractivity contribution in [2.75, 3.05) is 19.0 Å². The number of hydrogen-bond donors (Lipinski definition) is 3. The number of carbonyl (C=O) groups is 2. The number of amides is 2. The molecule has 8 heteroatoms. The molecule has 0 unspecified atom stereocenters. The third-order valence-corrected chi connectivity index (χ3v) is 1.77. The molecule has 1 aromatic carbocycles. The molecule has 0 aromatic heterocycles. The van der Waals surface area contributed by atoms with Crippen LogP contribution in [0.2, 0.25) is 0 Å². The SMILES string of the molecule is COc1cc(NC(=O)NOCC(=O)O)ccc1F. The normalized spacial score (nSPS) is 9.67. The molecule has 1 aromatic rings. The van der Waals surface area contributed by atoms with Gasteiger partial charge in [0, 0.05) is 11.8 Å². The number of ether oxygens (including phenoxy) is 1. The van der Waals surface area contributed by atoms with Crippen LogP contribution in [0, 0.1) is 5.82 Å². The Morgan fingerprint density at radius 3 is 2.78 bits per heavy atom. The van der Waals surface area contributed by atoms with Gasteiger partial charge in [0.1, 0.15) is 0 Å². The van der Waals surface area contributed by atoms with Crippen LogP contribution in [0.5, 0.6) is 5.75 Å². The first-order chi connectivity index (χ1) is 8.52. The topological polar surface area (TPSA) is 96.9 Å². The van der Waals surface area contributed by atoms with E-state index in [0.29, 0.717) is 0 Å². The molecule has 7 nitrogen and oxygen atoms in total. The molecule has 98 valence electrons. The van der Waals surface area contributed by atoms with Gasteiger partial charge in [-0.05, 0) is 12.1 Å². The molecule has 0 fully saturated rings. The Morgan fingerprint density at radius 2 is 2.17 bits per heavy atom. The van der Waals surface area contributed by atoms with Crippen molar-refractivity contribution in [3.63, 3.8) is 0 Å². The van der Waals surface area contributed by atoms with Gasteiger partial charge in [0.2, 0.25) is 0 Å². The first-order valence-electron chi connectivity index (χ1n) is 4.77. The quantitative estimate of drug-likeness (QED) is 0.684. The highest BCUT2D eigenvalue weighted by atomic mass is 19.1. The molecular formula is C10H11FN2O5. The number of halogens is 1. The molecule has 0 aliphatic carbocycles. The smallest absolute Gasteiger partial charge is 0.343 e. The van der Waals surface area contributed by atoms with Gasteiger partial charge in [0.05, 0.1) is 7.11 Å². The molecule has 18 heavy (non-hydrogen) atoms. The first kappa shape index (κ1) is 13.7. The van der Waals surface area contributed by atoms with Crippen molar-refractivity contribution in [1.82, 2.24) is 5.48 Å². The number of carbonyl (C=O) groups excluding carboxylic acids is 1. The number of aliphatic carboxylic acids is 1. The van der Waals surface area contributed by atoms with Crippen LogP contribution in [0.25, 0.3) is 0 Å². The zero-order chi connectivity index (χ0) is 13.5. The molecule has 3 N–H and O–H groups in total. The number of urea groups is 1. The van der Waals surface area contributed by atoms with E-state index in [0.717, 1.165) is 6.07 Å². The van der Waals surface area contributed by atoms with Crippen LogP contribution in [0.15, 0.2) is 18.2 Å². The van der Waals surface area contributed by atoms with Crippen LogP contribution in [-0.2, 0) is 9.63 Å². The van der Waals surface area contributed by atoms with Gasteiger partial charge in [-0.25, -0.2) is 19.5 Å². The summed E-state index contributed by atoms with van der Waals surface area (Å²) in [7, 11) is 1.29. The number of rotatable bonds is 5. The van der Waals surface area contributed by atoms with Crippen molar-refractivity contribution in [3.05, 3.63) is 24.0 Å². The number of hydrogen-bond acceptors (Lipinski definition) is 4. The summed E-state index contributed by atoms with van der Waals surface area (Å²) in [4.78, 5) is 25.7. The fourth-order valence-corrected chi connectivity index (χ4v) is 1.06. The number of anilines is 1. The summed E-state index contributed by atoms with van der Waals surface area (Å²) in [5, 5.41) is 10.6. The van der Waals surface area contributed by atoms with E-state index < -0.39 is 24.4 Å². The average Bonchev–Trinajstić information content (AvgIpc) is 2.31. The third kappa shape index (κ3) is 4.26. The van der Waals surface area contributed by atoms with Gasteiger partial charge in [-0.1, -0.05) is 0 Å². The van der Waals surface area contributed by atoms with Crippen molar-refractivity contribution in [2.24, 2.45) is 0 Å². The summed E-state index contributed by atoms with van der Waals surface area (Å²) in [5.74, 6) is -1.82. The Hall–Kier alpha value is -2.35. The highest BCUT2D eigenvalue weighted by Crippen LogP contribution is 2.21. The minimum Gasteiger partial charge on any atom is -0.494 e. The van der Waals surface area contributed by atoms with E-state index in [1.54, 1.807) is 0 Å². The second kappa shape index (κ2) is 6.40. The Kier molecular flexibility index (Phi) is 4.88. The number of carboxylic acid groups (broad SMARTS) is 1. The molecule has 0 bridgehead atoms. The highest BCUT2D eigenvalue weighted by Gasteiger charge is 2.07. The number of nitrogens with one attached hydrogen (secondary N) is 2. The van der Waals surface area contributed by atoms with Crippen LogP contribution in [0.1, 0.15) is 0 Å². The van der Waals surface area contributed by atoms with Crippen molar-refractivity contribution < 1.29 is 28.7 Å². The summed E-state index contributed by atoms with van der Waals surface area (Å²) in [5.41, 5.74) is 2.12. The lowest BCUT2D eigenvalue weighted by Crippen LogP contribution is -2.30. The summed E-state index contributed by atoms with van der Waals surface area (Å²) >= 11 is 0. The molecule has 0 radical (unpaired) electrons. The molecule has 0 atom stereocenters.